The van der Waals surface area contributed by atoms with Gasteiger partial charge in [0, 0.05) is 58.9 Å². The Bertz CT molecular complexity index is 1470. The van der Waals surface area contributed by atoms with E-state index in [4.69, 9.17) is 97.9 Å². The van der Waals surface area contributed by atoms with Crippen LogP contribution in [0.3, 0.4) is 0 Å². The van der Waals surface area contributed by atoms with Crippen LogP contribution in [0.5, 0.6) is 0 Å². The highest BCUT2D eigenvalue weighted by Gasteiger charge is 2.20. The van der Waals surface area contributed by atoms with Gasteiger partial charge in [0.25, 0.3) is 0 Å². The Labute approximate surface area is 442 Å². The fraction of sp³-hybridized carbons (Fsp3) is 0.930. The van der Waals surface area contributed by atoms with Crippen molar-refractivity contribution in [3.8, 4) is 0 Å². The van der Waals surface area contributed by atoms with Gasteiger partial charge in [-0.1, -0.05) is 20.5 Å². The van der Waals surface area contributed by atoms with Crippen LogP contribution in [0.25, 0.3) is 41.8 Å². The van der Waals surface area contributed by atoms with Gasteiger partial charge in [-0.15, -0.1) is 0 Å². The molecule has 0 radical (unpaired) electrons. The maximum Gasteiger partial charge on any atom is 0.332 e. The van der Waals surface area contributed by atoms with E-state index in [-0.39, 0.29) is 229 Å². The summed E-state index contributed by atoms with van der Waals surface area (Å²) in [6.07, 6.45) is -1.79. The number of rotatable bonds is 57. The first-order valence-corrected chi connectivity index (χ1v) is 24.6. The molecule has 0 atom stereocenters. The van der Waals surface area contributed by atoms with Gasteiger partial charge in [-0.05, 0) is 42.9 Å². The Morgan fingerprint density at radius 1 is 0.382 bits per heavy atom. The summed E-state index contributed by atoms with van der Waals surface area (Å²) in [4.78, 5) is 47.9. The number of nitrogens with zero attached hydrogens (tertiary/aromatic N) is 12. The van der Waals surface area contributed by atoms with Gasteiger partial charge in [0.1, 0.15) is 43.7 Å². The summed E-state index contributed by atoms with van der Waals surface area (Å²) in [5, 5.41) is 19.0. The van der Waals surface area contributed by atoms with Crippen molar-refractivity contribution in [3.63, 3.8) is 0 Å². The van der Waals surface area contributed by atoms with Gasteiger partial charge in [-0.3, -0.25) is 9.59 Å². The second-order valence-corrected chi connectivity index (χ2v) is 16.0. The first-order valence-electron chi connectivity index (χ1n) is 24.6. The molecule has 33 nitrogen and oxygen atoms in total. The average Bonchev–Trinajstić information content (AvgIpc) is 3.39. The van der Waals surface area contributed by atoms with Gasteiger partial charge in [-0.2, -0.15) is 0 Å². The average molecular weight is 1100 g/mol. The predicted octanol–water partition coefficient (Wildman–Crippen LogP) is 2.16. The largest absolute Gasteiger partial charge is 0.458 e. The number of ether oxygens (including phenoxy) is 16. The fourth-order valence-corrected chi connectivity index (χ4v) is 5.21. The molecule has 0 aliphatic rings. The topological polar surface area (TPSA) is 418 Å². The molecule has 0 aliphatic heterocycles. The lowest BCUT2D eigenvalue weighted by Gasteiger charge is -2.22. The Morgan fingerprint density at radius 2 is 0.632 bits per heavy atom. The van der Waals surface area contributed by atoms with Crippen molar-refractivity contribution < 1.29 is 90.2 Å². The van der Waals surface area contributed by atoms with Crippen LogP contribution in [-0.2, 0) is 90.2 Å². The van der Waals surface area contributed by atoms with E-state index in [0.717, 1.165) is 0 Å². The number of carbonyl (C=O) groups is 3. The van der Waals surface area contributed by atoms with Gasteiger partial charge >= 0.3 is 5.97 Å². The highest BCUT2D eigenvalue weighted by atomic mass is 16.6. The van der Waals surface area contributed by atoms with Gasteiger partial charge in [0.15, 0.2) is 0 Å². The summed E-state index contributed by atoms with van der Waals surface area (Å²) in [7, 11) is 0. The van der Waals surface area contributed by atoms with Gasteiger partial charge in [0.05, 0.1) is 159 Å². The highest BCUT2D eigenvalue weighted by molar-refractivity contribution is 5.77. The number of amides is 2. The van der Waals surface area contributed by atoms with Crippen LogP contribution in [-0.4, -0.2) is 259 Å². The predicted molar refractivity (Wildman–Crippen MR) is 267 cm³/mol. The van der Waals surface area contributed by atoms with Crippen LogP contribution < -0.4 is 10.6 Å². The molecular weight excluding hydrogens is 1020 g/mol. The zero-order valence-corrected chi connectivity index (χ0v) is 44.2. The molecular formula is C43H80N14O19. The first kappa shape index (κ1) is 71.0. The zero-order valence-electron chi connectivity index (χ0n) is 44.2. The lowest BCUT2D eigenvalue weighted by molar-refractivity contribution is -0.165. The van der Waals surface area contributed by atoms with Gasteiger partial charge in [0.2, 0.25) is 11.8 Å². The third-order valence-electron chi connectivity index (χ3n) is 8.54. The summed E-state index contributed by atoms with van der Waals surface area (Å²) >= 11 is 0. The third-order valence-corrected chi connectivity index (χ3v) is 8.54. The van der Waals surface area contributed by atoms with E-state index in [1.807, 2.05) is 0 Å². The molecule has 0 spiro atoms. The second kappa shape index (κ2) is 54.8. The molecule has 436 valence electrons. The second-order valence-electron chi connectivity index (χ2n) is 16.0. The molecule has 33 heteroatoms. The van der Waals surface area contributed by atoms with Gasteiger partial charge < -0.3 is 86.4 Å². The molecule has 0 unspecified atom stereocenters. The van der Waals surface area contributed by atoms with Crippen molar-refractivity contribution in [1.29, 1.82) is 0 Å². The van der Waals surface area contributed by atoms with Gasteiger partial charge in [-0.25, -0.2) is 4.79 Å². The van der Waals surface area contributed by atoms with Crippen LogP contribution in [0, 0.1) is 0 Å². The van der Waals surface area contributed by atoms with Crippen LogP contribution in [0.4, 0.5) is 0 Å². The lowest BCUT2D eigenvalue weighted by Crippen LogP contribution is -2.35. The van der Waals surface area contributed by atoms with E-state index in [0.29, 0.717) is 0 Å². The monoisotopic (exact) mass is 1100 g/mol. The minimum absolute atomic E-state index is 0.0703. The van der Waals surface area contributed by atoms with Crippen molar-refractivity contribution in [2.75, 3.05) is 218 Å². The smallest absolute Gasteiger partial charge is 0.332 e. The zero-order chi connectivity index (χ0) is 55.7. The third kappa shape index (κ3) is 53.9. The van der Waals surface area contributed by atoms with Crippen LogP contribution in [0.2, 0.25) is 0 Å². The molecule has 2 N–H and O–H groups in total. The van der Waals surface area contributed by atoms with E-state index in [1.165, 1.54) is 0 Å². The Hall–Kier alpha value is -4.95. The minimum Gasteiger partial charge on any atom is -0.458 e. The molecule has 0 saturated heterocycles. The Kier molecular flexibility index (Phi) is 51.3. The molecule has 76 heavy (non-hydrogen) atoms. The molecule has 0 aliphatic carbocycles. The summed E-state index contributed by atoms with van der Waals surface area (Å²) in [5.74, 6) is -1.31. The van der Waals surface area contributed by atoms with E-state index in [2.05, 4.69) is 50.7 Å². The van der Waals surface area contributed by atoms with Crippen LogP contribution in [0.15, 0.2) is 20.5 Å². The summed E-state index contributed by atoms with van der Waals surface area (Å²) in [6, 6.07) is 0. The highest BCUT2D eigenvalue weighted by Crippen LogP contribution is 2.08. The SMILES string of the molecule is CC(C)(C)OC(=O)COC(COCCOCCNC(=O)COC(COCCOCCN=[N+]=[N-])COCCOCCN=[N+]=[N-])COCCOCCNC(=O)COC(COCCOCCN=[N+]=[N-])COCCOCCN=[N+]=[N-]. The normalized spacial score (nSPS) is 12.3. The number of carbonyl (C=O) groups excluding carboxylic acids is 3. The molecule has 0 fully saturated rings. The van der Waals surface area contributed by atoms with E-state index in [9.17, 15) is 14.4 Å². The minimum atomic E-state index is -0.697. The number of nitrogens with one attached hydrogen (secondary N) is 2. The maximum atomic E-state index is 12.5. The van der Waals surface area contributed by atoms with Crippen molar-refractivity contribution in [1.82, 2.24) is 10.6 Å². The molecule has 0 rings (SSSR count). The van der Waals surface area contributed by atoms with Crippen LogP contribution >= 0.6 is 0 Å². The molecule has 0 saturated carbocycles. The van der Waals surface area contributed by atoms with Crippen molar-refractivity contribution in [3.05, 3.63) is 41.8 Å². The Morgan fingerprint density at radius 3 is 0.895 bits per heavy atom. The number of esters is 1. The van der Waals surface area contributed by atoms with Crippen molar-refractivity contribution in [2.45, 2.75) is 44.7 Å². The molecule has 2 amide bonds. The number of hydrogen-bond donors (Lipinski definition) is 2. The lowest BCUT2D eigenvalue weighted by atomic mass is 10.2. The van der Waals surface area contributed by atoms with E-state index in [1.54, 1.807) is 20.8 Å². The van der Waals surface area contributed by atoms with Crippen LogP contribution in [0.1, 0.15) is 20.8 Å². The molecule has 0 aromatic rings. The molecule has 0 aromatic heterocycles. The quantitative estimate of drug-likeness (QED) is 0.0290. The van der Waals surface area contributed by atoms with Crippen molar-refractivity contribution in [2.24, 2.45) is 20.5 Å². The summed E-state index contributed by atoms with van der Waals surface area (Å²) < 4.78 is 88.8. The molecule has 0 bridgehead atoms. The first-order chi connectivity index (χ1) is 37.0. The molecule has 0 heterocycles. The maximum absolute atomic E-state index is 12.5. The number of hydrogen-bond acceptors (Lipinski definition) is 23. The summed E-state index contributed by atoms with van der Waals surface area (Å²) in [5.41, 5.74) is 32.7. The summed E-state index contributed by atoms with van der Waals surface area (Å²) in [6.45, 7) is 10.4. The van der Waals surface area contributed by atoms with E-state index >= 15 is 0 Å². The standard InChI is InChI=1S/C43H80N14O19/c1-43(2,3)76-42(60)36-75-39(32-71-22-16-61-10-4-48-40(58)34-73-37(28-67-24-18-63-12-6-50-54-44)29-68-25-19-64-13-7-51-55-45)33-72-23-17-62-11-5-49-41(59)35-74-38(30-69-26-20-65-14-8-52-56-46)31-70-27-21-66-15-9-53-57-47/h37-39H,4-36H2,1-3H3,(H,48,58)(H,49,59). The number of azide groups is 4. The fourth-order valence-electron chi connectivity index (χ4n) is 5.21. The Balaban J connectivity index is 4.62. The van der Waals surface area contributed by atoms with Crippen molar-refractivity contribution >= 4 is 17.8 Å². The van der Waals surface area contributed by atoms with E-state index < -0.39 is 29.9 Å². The molecule has 0 aromatic carbocycles.